The maximum atomic E-state index is 11.3. The minimum atomic E-state index is -1.62. The van der Waals surface area contributed by atoms with Gasteiger partial charge >= 0.3 is 0 Å². The van der Waals surface area contributed by atoms with Crippen molar-refractivity contribution in [3.63, 3.8) is 0 Å². The van der Waals surface area contributed by atoms with E-state index in [4.69, 9.17) is 33.2 Å². The number of aromatic hydroxyl groups is 2. The van der Waals surface area contributed by atoms with Crippen LogP contribution in [-0.2, 0) is 14.2 Å². The number of methoxy groups -OCH3 is 4. The van der Waals surface area contributed by atoms with E-state index >= 15 is 0 Å². The van der Waals surface area contributed by atoms with E-state index in [-0.39, 0.29) is 60.0 Å². The number of ether oxygens (including phenoxy) is 7. The molecule has 0 aliphatic carbocycles. The van der Waals surface area contributed by atoms with Crippen LogP contribution in [0.2, 0.25) is 0 Å². The number of aliphatic hydroxyl groups is 5. The Morgan fingerprint density at radius 2 is 1.35 bits per heavy atom. The zero-order chi connectivity index (χ0) is 31.4. The lowest BCUT2D eigenvalue weighted by Crippen LogP contribution is -2.59. The van der Waals surface area contributed by atoms with Gasteiger partial charge in [0.25, 0.3) is 0 Å². The number of hydrogen-bond acceptors (Lipinski definition) is 14. The molecule has 2 fully saturated rings. The van der Waals surface area contributed by atoms with Crippen molar-refractivity contribution in [2.45, 2.75) is 49.3 Å². The number of aliphatic hydroxyl groups excluding tert-OH is 5. The summed E-state index contributed by atoms with van der Waals surface area (Å²) in [5.74, 6) is -0.672. The zero-order valence-electron chi connectivity index (χ0n) is 24.3. The fourth-order valence-electron chi connectivity index (χ4n) is 5.55. The number of benzene rings is 2. The van der Waals surface area contributed by atoms with Gasteiger partial charge in [0, 0.05) is 5.92 Å². The van der Waals surface area contributed by atoms with Gasteiger partial charge in [0.2, 0.25) is 11.5 Å². The monoisotopic (exact) mass is 612 g/mol. The van der Waals surface area contributed by atoms with Gasteiger partial charge in [-0.1, -0.05) is 0 Å². The lowest BCUT2D eigenvalue weighted by Gasteiger charge is -2.40. The highest BCUT2D eigenvalue weighted by Gasteiger charge is 2.46. The summed E-state index contributed by atoms with van der Waals surface area (Å²) in [4.78, 5) is 0. The molecule has 2 aromatic rings. The Bertz CT molecular complexity index is 1170. The highest BCUT2D eigenvalue weighted by molar-refractivity contribution is 5.54. The first-order valence-electron chi connectivity index (χ1n) is 13.7. The molecule has 0 radical (unpaired) electrons. The molecule has 7 N–H and O–H groups in total. The molecule has 0 spiro atoms. The summed E-state index contributed by atoms with van der Waals surface area (Å²) in [7, 11) is 5.55. The molecule has 14 nitrogen and oxygen atoms in total. The van der Waals surface area contributed by atoms with Crippen LogP contribution in [0.4, 0.5) is 0 Å². The van der Waals surface area contributed by atoms with Crippen LogP contribution in [0.25, 0.3) is 0 Å². The quantitative estimate of drug-likeness (QED) is 0.173. The minimum Gasteiger partial charge on any atom is -0.502 e. The van der Waals surface area contributed by atoms with Gasteiger partial charge in [0.05, 0.1) is 60.5 Å². The molecule has 0 aromatic heterocycles. The van der Waals surface area contributed by atoms with E-state index in [0.29, 0.717) is 11.1 Å². The smallest absolute Gasteiger partial charge is 0.200 e. The summed E-state index contributed by atoms with van der Waals surface area (Å²) in [6.07, 6.45) is -8.82. The van der Waals surface area contributed by atoms with E-state index in [2.05, 4.69) is 0 Å². The summed E-state index contributed by atoms with van der Waals surface area (Å²) in [5, 5.41) is 72.4. The first-order valence-corrected chi connectivity index (χ1v) is 13.7. The Morgan fingerprint density at radius 1 is 0.814 bits per heavy atom. The SMILES string of the molecule is COc1cc([C@@H](O)C[C@H]2CO[C@@H](c3cc(OC)c(O)c(OC)c3)[C@H]2CO[C@@H]2O[C@H](CO)[C@@H](O)[C@H](O)[C@H]2O)cc(OC)c1O. The van der Waals surface area contributed by atoms with Crippen LogP contribution in [0, 0.1) is 11.8 Å². The Kier molecular flexibility index (Phi) is 10.8. The first kappa shape index (κ1) is 32.8. The molecular formula is C29H40O14. The predicted octanol–water partition coefficient (Wildman–Crippen LogP) is 0.376. The van der Waals surface area contributed by atoms with Crippen LogP contribution in [0.5, 0.6) is 34.5 Å². The Balaban J connectivity index is 1.63. The first-order chi connectivity index (χ1) is 20.6. The van der Waals surface area contributed by atoms with Crippen molar-refractivity contribution in [2.75, 3.05) is 48.3 Å². The Morgan fingerprint density at radius 3 is 1.86 bits per heavy atom. The van der Waals surface area contributed by atoms with Gasteiger partial charge in [-0.2, -0.15) is 0 Å². The third-order valence-electron chi connectivity index (χ3n) is 8.03. The number of phenolic OH excluding ortho intramolecular Hbond substituents is 2. The van der Waals surface area contributed by atoms with Gasteiger partial charge < -0.3 is 68.9 Å². The molecule has 2 aliphatic heterocycles. The average Bonchev–Trinajstić information content (AvgIpc) is 3.41. The van der Waals surface area contributed by atoms with Gasteiger partial charge in [-0.05, 0) is 47.7 Å². The highest BCUT2D eigenvalue weighted by atomic mass is 16.7. The molecular weight excluding hydrogens is 572 g/mol. The van der Waals surface area contributed by atoms with E-state index < -0.39 is 55.4 Å². The summed E-state index contributed by atoms with van der Waals surface area (Å²) < 4.78 is 38.7. The minimum absolute atomic E-state index is 0.0987. The molecule has 43 heavy (non-hydrogen) atoms. The van der Waals surface area contributed by atoms with Crippen molar-refractivity contribution in [2.24, 2.45) is 11.8 Å². The van der Waals surface area contributed by atoms with E-state index in [1.54, 1.807) is 12.1 Å². The van der Waals surface area contributed by atoms with Crippen molar-refractivity contribution >= 4 is 0 Å². The van der Waals surface area contributed by atoms with Crippen molar-refractivity contribution < 1.29 is 68.9 Å². The van der Waals surface area contributed by atoms with Crippen molar-refractivity contribution in [1.29, 1.82) is 0 Å². The summed E-state index contributed by atoms with van der Waals surface area (Å²) in [6, 6.07) is 6.20. The molecule has 9 atom stereocenters. The summed E-state index contributed by atoms with van der Waals surface area (Å²) in [6.45, 7) is -0.526. The second-order valence-corrected chi connectivity index (χ2v) is 10.5. The van der Waals surface area contributed by atoms with Gasteiger partial charge in [0.15, 0.2) is 29.3 Å². The second-order valence-electron chi connectivity index (χ2n) is 10.5. The molecule has 240 valence electrons. The van der Waals surface area contributed by atoms with Gasteiger partial charge in [-0.3, -0.25) is 0 Å². The van der Waals surface area contributed by atoms with E-state index in [1.165, 1.54) is 40.6 Å². The molecule has 2 aromatic carbocycles. The second kappa shape index (κ2) is 14.1. The summed E-state index contributed by atoms with van der Waals surface area (Å²) >= 11 is 0. The molecule has 4 rings (SSSR count). The van der Waals surface area contributed by atoms with Crippen LogP contribution in [0.15, 0.2) is 24.3 Å². The molecule has 2 heterocycles. The fraction of sp³-hybridized carbons (Fsp3) is 0.586. The highest BCUT2D eigenvalue weighted by Crippen LogP contribution is 2.48. The Hall–Kier alpha value is -3.08. The van der Waals surface area contributed by atoms with Crippen LogP contribution < -0.4 is 18.9 Å². The third-order valence-corrected chi connectivity index (χ3v) is 8.03. The van der Waals surface area contributed by atoms with Crippen LogP contribution >= 0.6 is 0 Å². The van der Waals surface area contributed by atoms with Gasteiger partial charge in [-0.15, -0.1) is 0 Å². The zero-order valence-corrected chi connectivity index (χ0v) is 24.3. The maximum absolute atomic E-state index is 11.3. The third kappa shape index (κ3) is 6.71. The van der Waals surface area contributed by atoms with Crippen LogP contribution in [0.1, 0.15) is 29.8 Å². The maximum Gasteiger partial charge on any atom is 0.200 e. The lowest BCUT2D eigenvalue weighted by molar-refractivity contribution is -0.304. The van der Waals surface area contributed by atoms with E-state index in [9.17, 15) is 35.7 Å². The van der Waals surface area contributed by atoms with Crippen molar-refractivity contribution in [1.82, 2.24) is 0 Å². The molecule has 2 saturated heterocycles. The van der Waals surface area contributed by atoms with E-state index in [1.807, 2.05) is 0 Å². The van der Waals surface area contributed by atoms with Crippen LogP contribution in [0.3, 0.4) is 0 Å². The van der Waals surface area contributed by atoms with Gasteiger partial charge in [-0.25, -0.2) is 0 Å². The standard InChI is InChI=1S/C29H40O14/c1-37-18-6-13(7-19(38-2)23(18)32)17(31)5-15-11-41-28(14-8-20(39-3)24(33)21(9-14)40-4)16(15)12-42-29-27(36)26(35)25(34)22(10-30)43-29/h6-9,15-17,22,25-36H,5,10-12H2,1-4H3/t15-,16-,17-,22+,25+,26-,27+,28-,29+/m0/s1. The largest absolute Gasteiger partial charge is 0.502 e. The van der Waals surface area contributed by atoms with Gasteiger partial charge in [0.1, 0.15) is 24.4 Å². The number of rotatable bonds is 12. The Labute approximate surface area is 248 Å². The van der Waals surface area contributed by atoms with Crippen molar-refractivity contribution in [3.8, 4) is 34.5 Å². The molecule has 0 unspecified atom stereocenters. The lowest BCUT2D eigenvalue weighted by atomic mass is 9.83. The van der Waals surface area contributed by atoms with E-state index in [0.717, 1.165) is 0 Å². The van der Waals surface area contributed by atoms with Crippen molar-refractivity contribution in [3.05, 3.63) is 35.4 Å². The molecule has 0 bridgehead atoms. The molecule has 0 amide bonds. The number of hydrogen-bond donors (Lipinski definition) is 7. The van der Waals surface area contributed by atoms with Crippen LogP contribution in [-0.4, -0.2) is 115 Å². The normalized spacial score (nSPS) is 29.7. The number of phenols is 2. The molecule has 14 heteroatoms. The fourth-order valence-corrected chi connectivity index (χ4v) is 5.55. The topological polar surface area (TPSA) is 206 Å². The average molecular weight is 613 g/mol. The predicted molar refractivity (Wildman–Crippen MR) is 147 cm³/mol. The molecule has 2 aliphatic rings. The molecule has 0 saturated carbocycles. The summed E-state index contributed by atoms with van der Waals surface area (Å²) in [5.41, 5.74) is 1.01.